The van der Waals surface area contributed by atoms with Gasteiger partial charge in [-0.25, -0.2) is 4.39 Å². The highest BCUT2D eigenvalue weighted by Crippen LogP contribution is 2.74. The monoisotopic (exact) mass is 444 g/mol. The molecular weight excluding hydrogens is 419 g/mol. The zero-order valence-corrected chi connectivity index (χ0v) is 18.0. The van der Waals surface area contributed by atoms with E-state index in [9.17, 15) is 22.3 Å². The van der Waals surface area contributed by atoms with Crippen molar-refractivity contribution in [3.63, 3.8) is 0 Å². The lowest BCUT2D eigenvalue weighted by Crippen LogP contribution is -2.20. The van der Waals surface area contributed by atoms with Crippen molar-refractivity contribution in [1.29, 1.82) is 0 Å². The maximum absolute atomic E-state index is 14.1. The molecule has 1 aromatic carbocycles. The summed E-state index contributed by atoms with van der Waals surface area (Å²) in [7, 11) is -8.95. The third-order valence-corrected chi connectivity index (χ3v) is 9.32. The summed E-state index contributed by atoms with van der Waals surface area (Å²) in [5.41, 5.74) is -1.29. The molecule has 1 rings (SSSR count). The molecule has 0 amide bonds. The summed E-state index contributed by atoms with van der Waals surface area (Å²) in [4.78, 5) is 0. The van der Waals surface area contributed by atoms with E-state index in [4.69, 9.17) is 18.1 Å². The quantitative estimate of drug-likeness (QED) is 0.353. The van der Waals surface area contributed by atoms with Crippen molar-refractivity contribution in [1.82, 2.24) is 0 Å². The van der Waals surface area contributed by atoms with Crippen LogP contribution in [-0.2, 0) is 27.2 Å². The molecule has 28 heavy (non-hydrogen) atoms. The van der Waals surface area contributed by atoms with E-state index in [-0.39, 0.29) is 32.0 Å². The van der Waals surface area contributed by atoms with Crippen LogP contribution in [0.3, 0.4) is 0 Å². The molecule has 11 heteroatoms. The van der Waals surface area contributed by atoms with E-state index in [2.05, 4.69) is 0 Å². The van der Waals surface area contributed by atoms with Crippen LogP contribution in [0.2, 0.25) is 0 Å². The van der Waals surface area contributed by atoms with E-state index in [1.807, 2.05) is 0 Å². The first kappa shape index (κ1) is 25.1. The first-order chi connectivity index (χ1) is 13.2. The van der Waals surface area contributed by atoms with E-state index in [0.29, 0.717) is 0 Å². The van der Waals surface area contributed by atoms with Gasteiger partial charge >= 0.3 is 15.2 Å². The molecule has 0 atom stereocenters. The van der Waals surface area contributed by atoms with Crippen molar-refractivity contribution < 1.29 is 40.4 Å². The SMILES string of the molecule is CCOP(=O)(OCC)C(C(=C(F)F)c1cccc(F)c1)P(=O)(OCC)OCC. The van der Waals surface area contributed by atoms with Gasteiger partial charge in [-0.15, -0.1) is 0 Å². The molecule has 0 N–H and O–H groups in total. The number of rotatable bonds is 12. The Morgan fingerprint density at radius 1 is 0.893 bits per heavy atom. The molecule has 0 aliphatic carbocycles. The molecule has 0 aliphatic heterocycles. The van der Waals surface area contributed by atoms with Crippen LogP contribution in [0.5, 0.6) is 0 Å². The van der Waals surface area contributed by atoms with E-state index in [0.717, 1.165) is 12.1 Å². The predicted octanol–water partition coefficient (Wildman–Crippen LogP) is 6.29. The fraction of sp³-hybridized carbons (Fsp3) is 0.529. The maximum atomic E-state index is 14.1. The van der Waals surface area contributed by atoms with Gasteiger partial charge in [0.1, 0.15) is 5.82 Å². The Morgan fingerprint density at radius 3 is 1.64 bits per heavy atom. The van der Waals surface area contributed by atoms with Gasteiger partial charge in [0.05, 0.1) is 32.0 Å². The molecule has 0 aromatic heterocycles. The molecule has 1 aromatic rings. The zero-order valence-electron chi connectivity index (χ0n) is 16.2. The number of hydrogen-bond donors (Lipinski definition) is 0. The van der Waals surface area contributed by atoms with E-state index >= 15 is 0 Å². The largest absolute Gasteiger partial charge is 0.350 e. The second kappa shape index (κ2) is 11.3. The number of halogens is 3. The molecule has 0 heterocycles. The predicted molar refractivity (Wildman–Crippen MR) is 101 cm³/mol. The van der Waals surface area contributed by atoms with Crippen molar-refractivity contribution in [2.45, 2.75) is 33.1 Å². The normalized spacial score (nSPS) is 12.4. The van der Waals surface area contributed by atoms with Gasteiger partial charge in [-0.1, -0.05) is 12.1 Å². The standard InChI is InChI=1S/C17H25F3O6P2/c1-5-23-27(21,24-6-2)17(28(22,25-7-3)26-8-4)15(16(19)20)13-10-9-11-14(18)12-13/h9-12,17H,5-8H2,1-4H3. The van der Waals surface area contributed by atoms with Crippen LogP contribution in [-0.4, -0.2) is 31.8 Å². The van der Waals surface area contributed by atoms with Crippen molar-refractivity contribution in [3.8, 4) is 0 Å². The molecule has 0 saturated carbocycles. The third-order valence-electron chi connectivity index (χ3n) is 3.43. The van der Waals surface area contributed by atoms with Gasteiger partial charge in [-0.2, -0.15) is 8.78 Å². The molecule has 0 saturated heterocycles. The number of hydrogen-bond acceptors (Lipinski definition) is 6. The smallest absolute Gasteiger partial charge is 0.308 e. The van der Waals surface area contributed by atoms with Gasteiger partial charge in [-0.3, -0.25) is 9.13 Å². The molecule has 0 bridgehead atoms. The van der Waals surface area contributed by atoms with Crippen molar-refractivity contribution >= 4 is 20.8 Å². The maximum Gasteiger partial charge on any atom is 0.350 e. The topological polar surface area (TPSA) is 71.1 Å². The van der Waals surface area contributed by atoms with Gasteiger partial charge < -0.3 is 18.1 Å². The summed E-state index contributed by atoms with van der Waals surface area (Å²) >= 11 is 0. The highest BCUT2D eigenvalue weighted by Gasteiger charge is 2.54. The lowest BCUT2D eigenvalue weighted by molar-refractivity contribution is 0.200. The molecular formula is C17H25F3O6P2. The second-order valence-corrected chi connectivity index (χ2v) is 9.94. The average molecular weight is 444 g/mol. The van der Waals surface area contributed by atoms with Gasteiger partial charge in [0.2, 0.25) is 0 Å². The van der Waals surface area contributed by atoms with Crippen LogP contribution in [0.15, 0.2) is 30.3 Å². The van der Waals surface area contributed by atoms with E-state index in [1.54, 1.807) is 0 Å². The average Bonchev–Trinajstić information content (AvgIpc) is 2.59. The highest BCUT2D eigenvalue weighted by atomic mass is 31.2. The number of allylic oxidation sites excluding steroid dienone is 1. The lowest BCUT2D eigenvalue weighted by Gasteiger charge is -2.32. The third kappa shape index (κ3) is 6.02. The second-order valence-electron chi connectivity index (χ2n) is 5.31. The van der Waals surface area contributed by atoms with Crippen LogP contribution in [0.4, 0.5) is 13.2 Å². The molecule has 160 valence electrons. The Balaban J connectivity index is 3.84. The van der Waals surface area contributed by atoms with Crippen molar-refractivity contribution in [2.75, 3.05) is 26.4 Å². The summed E-state index contributed by atoms with van der Waals surface area (Å²) in [6.45, 7) is 5.23. The summed E-state index contributed by atoms with van der Waals surface area (Å²) in [6.07, 6.45) is -2.32. The molecule has 0 spiro atoms. The molecule has 6 nitrogen and oxygen atoms in total. The molecule has 0 fully saturated rings. The van der Waals surface area contributed by atoms with Gasteiger partial charge in [0.25, 0.3) is 6.08 Å². The zero-order chi connectivity index (χ0) is 21.4. The van der Waals surface area contributed by atoms with Crippen LogP contribution in [0.1, 0.15) is 33.3 Å². The highest BCUT2D eigenvalue weighted by molar-refractivity contribution is 7.73. The minimum absolute atomic E-state index is 0.170. The summed E-state index contributed by atoms with van der Waals surface area (Å²) < 4.78 is 89.6. The Bertz CT molecular complexity index is 717. The fourth-order valence-electron chi connectivity index (χ4n) is 2.58. The fourth-order valence-corrected chi connectivity index (χ4v) is 8.04. The number of benzene rings is 1. The van der Waals surface area contributed by atoms with Crippen LogP contribution in [0, 0.1) is 5.82 Å². The molecule has 0 unspecified atom stereocenters. The van der Waals surface area contributed by atoms with Crippen LogP contribution >= 0.6 is 15.2 Å². The van der Waals surface area contributed by atoms with Gasteiger partial charge in [0, 0.05) is 0 Å². The van der Waals surface area contributed by atoms with Crippen LogP contribution in [0.25, 0.3) is 5.57 Å². The lowest BCUT2D eigenvalue weighted by atomic mass is 10.1. The minimum atomic E-state index is -4.47. The van der Waals surface area contributed by atoms with E-state index < -0.39 is 38.1 Å². The van der Waals surface area contributed by atoms with E-state index in [1.165, 1.54) is 39.8 Å². The summed E-state index contributed by atoms with van der Waals surface area (Å²) in [5.74, 6) is -0.805. The molecule has 0 aliphatic rings. The van der Waals surface area contributed by atoms with Crippen molar-refractivity contribution in [2.24, 2.45) is 0 Å². The Morgan fingerprint density at radius 2 is 1.32 bits per heavy atom. The Hall–Kier alpha value is -0.950. The Kier molecular flexibility index (Phi) is 10.1. The van der Waals surface area contributed by atoms with Crippen LogP contribution < -0.4 is 0 Å². The van der Waals surface area contributed by atoms with Crippen molar-refractivity contribution in [3.05, 3.63) is 41.7 Å². The first-order valence-electron chi connectivity index (χ1n) is 8.77. The summed E-state index contributed by atoms with van der Waals surface area (Å²) in [6, 6.07) is 4.24. The summed E-state index contributed by atoms with van der Waals surface area (Å²) in [5, 5.41) is -2.09. The van der Waals surface area contributed by atoms with Gasteiger partial charge in [0.15, 0.2) is 5.40 Å². The first-order valence-corrected chi connectivity index (χ1v) is 12.0. The minimum Gasteiger partial charge on any atom is -0.308 e. The molecule has 0 radical (unpaired) electrons. The van der Waals surface area contributed by atoms with Gasteiger partial charge in [-0.05, 0) is 45.4 Å². The Labute approximate surface area is 163 Å².